The Hall–Kier alpha value is -0.120. The molecule has 17 heavy (non-hydrogen) atoms. The molecule has 1 fully saturated rings. The van der Waals surface area contributed by atoms with Crippen molar-refractivity contribution in [2.75, 3.05) is 13.1 Å². The Morgan fingerprint density at radius 1 is 1.41 bits per heavy atom. The first-order chi connectivity index (χ1) is 8.06. The summed E-state index contributed by atoms with van der Waals surface area (Å²) in [5.74, 6) is 0.568. The van der Waals surface area contributed by atoms with Crippen molar-refractivity contribution in [3.63, 3.8) is 0 Å². The maximum Gasteiger partial charge on any atom is 0.137 e. The maximum atomic E-state index is 13.5. The van der Waals surface area contributed by atoms with Gasteiger partial charge >= 0.3 is 0 Å². The van der Waals surface area contributed by atoms with Crippen LogP contribution in [0.15, 0.2) is 16.6 Å². The predicted octanol–water partition coefficient (Wildman–Crippen LogP) is 4.47. The number of rotatable bonds is 2. The number of benzene rings is 1. The molecule has 1 heterocycles. The zero-order valence-corrected chi connectivity index (χ0v) is 12.2. The van der Waals surface area contributed by atoms with E-state index in [0.717, 1.165) is 31.1 Å². The minimum atomic E-state index is -0.241. The molecular weight excluding hydrogens is 305 g/mol. The van der Waals surface area contributed by atoms with Crippen LogP contribution in [0.1, 0.15) is 25.3 Å². The number of piperidine rings is 1. The Morgan fingerprint density at radius 2 is 2.06 bits per heavy atom. The Morgan fingerprint density at radius 3 is 2.71 bits per heavy atom. The third-order valence-electron chi connectivity index (χ3n) is 3.36. The van der Waals surface area contributed by atoms with Crippen LogP contribution < -0.4 is 0 Å². The molecule has 1 aliphatic rings. The van der Waals surface area contributed by atoms with Gasteiger partial charge in [-0.05, 0) is 65.5 Å². The number of hydrogen-bond acceptors (Lipinski definition) is 1. The number of hydrogen-bond donors (Lipinski definition) is 0. The van der Waals surface area contributed by atoms with Gasteiger partial charge in [0.05, 0.1) is 4.47 Å². The summed E-state index contributed by atoms with van der Waals surface area (Å²) >= 11 is 9.27. The topological polar surface area (TPSA) is 3.24 Å². The third-order valence-corrected chi connectivity index (χ3v) is 4.32. The Labute approximate surface area is 115 Å². The van der Waals surface area contributed by atoms with Crippen molar-refractivity contribution in [1.29, 1.82) is 0 Å². The van der Waals surface area contributed by atoms with Crippen molar-refractivity contribution in [2.24, 2.45) is 5.92 Å². The second kappa shape index (κ2) is 5.68. The summed E-state index contributed by atoms with van der Waals surface area (Å²) in [5.41, 5.74) is 0.877. The number of halogens is 3. The Kier molecular flexibility index (Phi) is 4.45. The van der Waals surface area contributed by atoms with E-state index in [-0.39, 0.29) is 5.82 Å². The SMILES string of the molecule is CC1CCN(Cc2cc(F)c(Br)cc2Cl)CC1. The van der Waals surface area contributed by atoms with Crippen LogP contribution >= 0.6 is 27.5 Å². The predicted molar refractivity (Wildman–Crippen MR) is 72.8 cm³/mol. The molecule has 1 aliphatic heterocycles. The molecule has 0 spiro atoms. The van der Waals surface area contributed by atoms with E-state index < -0.39 is 0 Å². The van der Waals surface area contributed by atoms with Crippen molar-refractivity contribution in [3.05, 3.63) is 33.0 Å². The van der Waals surface area contributed by atoms with Gasteiger partial charge in [-0.25, -0.2) is 4.39 Å². The molecule has 94 valence electrons. The van der Waals surface area contributed by atoms with Gasteiger partial charge in [0, 0.05) is 11.6 Å². The van der Waals surface area contributed by atoms with Crippen molar-refractivity contribution >= 4 is 27.5 Å². The molecule has 0 atom stereocenters. The third kappa shape index (κ3) is 3.43. The van der Waals surface area contributed by atoms with E-state index in [4.69, 9.17) is 11.6 Å². The van der Waals surface area contributed by atoms with Gasteiger partial charge in [0.15, 0.2) is 0 Å². The van der Waals surface area contributed by atoms with Crippen molar-refractivity contribution in [1.82, 2.24) is 4.90 Å². The van der Waals surface area contributed by atoms with Crippen LogP contribution in [0.4, 0.5) is 4.39 Å². The molecule has 0 amide bonds. The summed E-state index contributed by atoms with van der Waals surface area (Å²) in [6.45, 7) is 5.18. The van der Waals surface area contributed by atoms with Crippen LogP contribution in [-0.2, 0) is 6.54 Å². The molecule has 0 radical (unpaired) electrons. The van der Waals surface area contributed by atoms with E-state index >= 15 is 0 Å². The molecule has 0 bridgehead atoms. The van der Waals surface area contributed by atoms with Gasteiger partial charge in [-0.15, -0.1) is 0 Å². The molecule has 1 aromatic carbocycles. The normalized spacial score (nSPS) is 18.6. The second-order valence-electron chi connectivity index (χ2n) is 4.82. The minimum Gasteiger partial charge on any atom is -0.299 e. The smallest absolute Gasteiger partial charge is 0.137 e. The number of nitrogens with zero attached hydrogens (tertiary/aromatic N) is 1. The van der Waals surface area contributed by atoms with Crippen molar-refractivity contribution in [3.8, 4) is 0 Å². The van der Waals surface area contributed by atoms with E-state index in [1.54, 1.807) is 6.07 Å². The fourth-order valence-electron chi connectivity index (χ4n) is 2.15. The molecule has 4 heteroatoms. The molecule has 1 aromatic rings. The zero-order valence-electron chi connectivity index (χ0n) is 9.85. The van der Waals surface area contributed by atoms with Gasteiger partial charge in [-0.1, -0.05) is 18.5 Å². The summed E-state index contributed by atoms with van der Waals surface area (Å²) in [6.07, 6.45) is 2.44. The zero-order chi connectivity index (χ0) is 12.4. The summed E-state index contributed by atoms with van der Waals surface area (Å²) in [5, 5.41) is 0.636. The lowest BCUT2D eigenvalue weighted by atomic mass is 9.99. The lowest BCUT2D eigenvalue weighted by molar-refractivity contribution is 0.185. The second-order valence-corrected chi connectivity index (χ2v) is 6.08. The molecule has 0 unspecified atom stereocenters. The summed E-state index contributed by atoms with van der Waals surface area (Å²) < 4.78 is 13.9. The van der Waals surface area contributed by atoms with Gasteiger partial charge in [0.25, 0.3) is 0 Å². The fourth-order valence-corrected chi connectivity index (χ4v) is 2.84. The lowest BCUT2D eigenvalue weighted by Crippen LogP contribution is -2.32. The maximum absolute atomic E-state index is 13.5. The van der Waals surface area contributed by atoms with E-state index in [1.165, 1.54) is 18.9 Å². The van der Waals surface area contributed by atoms with E-state index in [0.29, 0.717) is 9.50 Å². The van der Waals surface area contributed by atoms with Gasteiger partial charge in [0.2, 0.25) is 0 Å². The van der Waals surface area contributed by atoms with Crippen LogP contribution in [-0.4, -0.2) is 18.0 Å². The molecule has 0 aliphatic carbocycles. The molecule has 0 saturated carbocycles. The van der Waals surface area contributed by atoms with Crippen LogP contribution in [0.5, 0.6) is 0 Å². The van der Waals surface area contributed by atoms with Crippen LogP contribution in [0.25, 0.3) is 0 Å². The van der Waals surface area contributed by atoms with Crippen molar-refractivity contribution < 1.29 is 4.39 Å². The van der Waals surface area contributed by atoms with Crippen molar-refractivity contribution in [2.45, 2.75) is 26.3 Å². The quantitative estimate of drug-likeness (QED) is 0.727. The van der Waals surface area contributed by atoms with E-state index in [2.05, 4.69) is 27.8 Å². The molecule has 0 N–H and O–H groups in total. The van der Waals surface area contributed by atoms with E-state index in [9.17, 15) is 4.39 Å². The molecule has 1 nitrogen and oxygen atoms in total. The monoisotopic (exact) mass is 319 g/mol. The van der Waals surface area contributed by atoms with Crippen LogP contribution in [0.3, 0.4) is 0 Å². The first kappa shape index (κ1) is 13.3. The first-order valence-corrected chi connectivity index (χ1v) is 7.09. The highest BCUT2D eigenvalue weighted by Crippen LogP contribution is 2.27. The van der Waals surface area contributed by atoms with Gasteiger partial charge in [-0.2, -0.15) is 0 Å². The average molecular weight is 321 g/mol. The molecular formula is C13H16BrClFN. The minimum absolute atomic E-state index is 0.241. The standard InChI is InChI=1S/C13H16BrClFN/c1-9-2-4-17(5-3-9)8-10-6-13(16)11(14)7-12(10)15/h6-7,9H,2-5,8H2,1H3. The lowest BCUT2D eigenvalue weighted by Gasteiger charge is -2.30. The van der Waals surface area contributed by atoms with Crippen LogP contribution in [0.2, 0.25) is 5.02 Å². The summed E-state index contributed by atoms with van der Waals surface area (Å²) in [7, 11) is 0. The highest BCUT2D eigenvalue weighted by molar-refractivity contribution is 9.10. The first-order valence-electron chi connectivity index (χ1n) is 5.92. The van der Waals surface area contributed by atoms with Gasteiger partial charge < -0.3 is 0 Å². The Balaban J connectivity index is 2.06. The molecule has 0 aromatic heterocycles. The van der Waals surface area contributed by atoms with E-state index in [1.807, 2.05) is 0 Å². The van der Waals surface area contributed by atoms with Crippen LogP contribution in [0, 0.1) is 11.7 Å². The largest absolute Gasteiger partial charge is 0.299 e. The molecule has 2 rings (SSSR count). The summed E-state index contributed by atoms with van der Waals surface area (Å²) in [4.78, 5) is 2.34. The molecule has 1 saturated heterocycles. The highest BCUT2D eigenvalue weighted by atomic mass is 79.9. The highest BCUT2D eigenvalue weighted by Gasteiger charge is 2.17. The fraction of sp³-hybridized carbons (Fsp3) is 0.538. The summed E-state index contributed by atoms with van der Waals surface area (Å²) in [6, 6.07) is 3.17. The average Bonchev–Trinajstić information content (AvgIpc) is 2.29. The number of likely N-dealkylation sites (tertiary alicyclic amines) is 1. The van der Waals surface area contributed by atoms with Gasteiger partial charge in [-0.3, -0.25) is 4.90 Å². The van der Waals surface area contributed by atoms with Gasteiger partial charge in [0.1, 0.15) is 5.82 Å². The Bertz CT molecular complexity index is 403.